The maximum absolute atomic E-state index is 9.26. The van der Waals surface area contributed by atoms with E-state index in [9.17, 15) is 5.11 Å². The molecule has 1 aromatic carbocycles. The van der Waals surface area contributed by atoms with Gasteiger partial charge in [-0.25, -0.2) is 0 Å². The van der Waals surface area contributed by atoms with Crippen LogP contribution in [0.25, 0.3) is 0 Å². The summed E-state index contributed by atoms with van der Waals surface area (Å²) < 4.78 is 0. The first kappa shape index (κ1) is 9.69. The largest absolute Gasteiger partial charge is 0.395 e. The molecule has 14 heavy (non-hydrogen) atoms. The minimum absolute atomic E-state index is 0.0985. The summed E-state index contributed by atoms with van der Waals surface area (Å²) in [6.45, 7) is 0.980. The van der Waals surface area contributed by atoms with Crippen molar-refractivity contribution in [3.63, 3.8) is 0 Å². The minimum atomic E-state index is 0.0985. The van der Waals surface area contributed by atoms with Crippen molar-refractivity contribution in [2.75, 3.05) is 13.2 Å². The first-order valence-corrected chi connectivity index (χ1v) is 5.21. The Morgan fingerprint density at radius 1 is 1.21 bits per heavy atom. The van der Waals surface area contributed by atoms with Gasteiger partial charge in [-0.1, -0.05) is 24.3 Å². The van der Waals surface area contributed by atoms with Gasteiger partial charge in [0.2, 0.25) is 0 Å². The van der Waals surface area contributed by atoms with Crippen molar-refractivity contribution >= 4 is 0 Å². The topological polar surface area (TPSA) is 46.2 Å². The molecule has 0 amide bonds. The van der Waals surface area contributed by atoms with Gasteiger partial charge in [0, 0.05) is 5.41 Å². The third-order valence-electron chi connectivity index (χ3n) is 3.16. The average Bonchev–Trinajstić information content (AvgIpc) is 3.00. The Morgan fingerprint density at radius 3 is 2.29 bits per heavy atom. The van der Waals surface area contributed by atoms with Gasteiger partial charge in [0.25, 0.3) is 0 Å². The predicted octanol–water partition coefficient (Wildman–Crippen LogP) is 1.21. The zero-order valence-corrected chi connectivity index (χ0v) is 8.37. The highest BCUT2D eigenvalue weighted by Gasteiger charge is 2.43. The molecule has 1 fully saturated rings. The van der Waals surface area contributed by atoms with Crippen LogP contribution in [0.1, 0.15) is 24.0 Å². The van der Waals surface area contributed by atoms with Crippen LogP contribution in [0.5, 0.6) is 0 Å². The van der Waals surface area contributed by atoms with Crippen LogP contribution >= 0.6 is 0 Å². The summed E-state index contributed by atoms with van der Waals surface area (Å²) in [5, 5.41) is 9.26. The van der Waals surface area contributed by atoms with Gasteiger partial charge < -0.3 is 10.8 Å². The predicted molar refractivity (Wildman–Crippen MR) is 57.2 cm³/mol. The maximum Gasteiger partial charge on any atom is 0.0527 e. The number of benzene rings is 1. The molecular weight excluding hydrogens is 174 g/mol. The molecule has 2 rings (SSSR count). The summed E-state index contributed by atoms with van der Waals surface area (Å²) in [4.78, 5) is 0. The van der Waals surface area contributed by atoms with Gasteiger partial charge in [-0.15, -0.1) is 0 Å². The van der Waals surface area contributed by atoms with E-state index in [2.05, 4.69) is 24.3 Å². The average molecular weight is 191 g/mol. The Kier molecular flexibility index (Phi) is 2.57. The molecule has 1 aromatic rings. The fourth-order valence-corrected chi connectivity index (χ4v) is 1.88. The van der Waals surface area contributed by atoms with Crippen LogP contribution in [0.3, 0.4) is 0 Å². The standard InChI is InChI=1S/C12H17NO/c13-8-5-10-1-3-11(4-2-10)12(9-14)6-7-12/h1-4,14H,5-9,13H2. The molecular formula is C12H17NO. The summed E-state index contributed by atoms with van der Waals surface area (Å²) in [5.41, 5.74) is 8.14. The van der Waals surface area contributed by atoms with E-state index in [1.54, 1.807) is 0 Å². The minimum Gasteiger partial charge on any atom is -0.395 e. The van der Waals surface area contributed by atoms with E-state index in [1.165, 1.54) is 11.1 Å². The van der Waals surface area contributed by atoms with Crippen LogP contribution in [0.2, 0.25) is 0 Å². The molecule has 0 saturated heterocycles. The Morgan fingerprint density at radius 2 is 1.86 bits per heavy atom. The van der Waals surface area contributed by atoms with Gasteiger partial charge in [-0.05, 0) is 36.9 Å². The van der Waals surface area contributed by atoms with Gasteiger partial charge in [-0.3, -0.25) is 0 Å². The van der Waals surface area contributed by atoms with E-state index in [0.717, 1.165) is 19.3 Å². The normalized spacial score (nSPS) is 18.1. The highest BCUT2D eigenvalue weighted by atomic mass is 16.3. The van der Waals surface area contributed by atoms with Crippen LogP contribution in [0.4, 0.5) is 0 Å². The van der Waals surface area contributed by atoms with Crippen molar-refractivity contribution in [2.24, 2.45) is 5.73 Å². The van der Waals surface area contributed by atoms with Gasteiger partial charge in [0.15, 0.2) is 0 Å². The fraction of sp³-hybridized carbons (Fsp3) is 0.500. The van der Waals surface area contributed by atoms with Gasteiger partial charge >= 0.3 is 0 Å². The Balaban J connectivity index is 2.14. The molecule has 0 atom stereocenters. The Hall–Kier alpha value is -0.860. The quantitative estimate of drug-likeness (QED) is 0.751. The monoisotopic (exact) mass is 191 g/mol. The van der Waals surface area contributed by atoms with E-state index in [-0.39, 0.29) is 12.0 Å². The molecule has 1 saturated carbocycles. The lowest BCUT2D eigenvalue weighted by atomic mass is 9.95. The van der Waals surface area contributed by atoms with E-state index < -0.39 is 0 Å². The van der Waals surface area contributed by atoms with Crippen LogP contribution < -0.4 is 5.73 Å². The second-order valence-electron chi connectivity index (χ2n) is 4.17. The SMILES string of the molecule is NCCc1ccc(C2(CO)CC2)cc1. The summed E-state index contributed by atoms with van der Waals surface area (Å²) in [6.07, 6.45) is 3.19. The molecule has 76 valence electrons. The first-order valence-electron chi connectivity index (χ1n) is 5.21. The molecule has 0 radical (unpaired) electrons. The molecule has 1 aliphatic rings. The highest BCUT2D eigenvalue weighted by Crippen LogP contribution is 2.47. The second kappa shape index (κ2) is 3.71. The molecule has 0 unspecified atom stereocenters. The van der Waals surface area contributed by atoms with Crippen LogP contribution in [0, 0.1) is 0 Å². The number of rotatable bonds is 4. The van der Waals surface area contributed by atoms with E-state index >= 15 is 0 Å². The zero-order chi connectivity index (χ0) is 10.0. The summed E-state index contributed by atoms with van der Waals surface area (Å²) in [7, 11) is 0. The molecule has 2 heteroatoms. The van der Waals surface area contributed by atoms with Gasteiger partial charge in [0.05, 0.1) is 6.61 Å². The lowest BCUT2D eigenvalue weighted by molar-refractivity contribution is 0.255. The van der Waals surface area contributed by atoms with Crippen LogP contribution in [0.15, 0.2) is 24.3 Å². The Bertz CT molecular complexity index is 301. The lowest BCUT2D eigenvalue weighted by Crippen LogP contribution is -2.11. The van der Waals surface area contributed by atoms with Gasteiger partial charge in [0.1, 0.15) is 0 Å². The second-order valence-corrected chi connectivity index (χ2v) is 4.17. The molecule has 2 nitrogen and oxygen atoms in total. The molecule has 0 heterocycles. The smallest absolute Gasteiger partial charge is 0.0527 e. The van der Waals surface area contributed by atoms with Crippen LogP contribution in [-0.4, -0.2) is 18.3 Å². The molecule has 3 N–H and O–H groups in total. The van der Waals surface area contributed by atoms with E-state index in [4.69, 9.17) is 5.73 Å². The van der Waals surface area contributed by atoms with E-state index in [1.807, 2.05) is 0 Å². The zero-order valence-electron chi connectivity index (χ0n) is 8.37. The first-order chi connectivity index (χ1) is 6.80. The maximum atomic E-state index is 9.26. The van der Waals surface area contributed by atoms with Crippen molar-refractivity contribution in [3.8, 4) is 0 Å². The molecule has 0 bridgehead atoms. The molecule has 0 spiro atoms. The van der Waals surface area contributed by atoms with Crippen molar-refractivity contribution in [3.05, 3.63) is 35.4 Å². The van der Waals surface area contributed by atoms with Gasteiger partial charge in [-0.2, -0.15) is 0 Å². The number of hydrogen-bond donors (Lipinski definition) is 2. The third kappa shape index (κ3) is 1.68. The fourth-order valence-electron chi connectivity index (χ4n) is 1.88. The molecule has 0 aromatic heterocycles. The van der Waals surface area contributed by atoms with E-state index in [0.29, 0.717) is 6.54 Å². The number of aliphatic hydroxyl groups is 1. The lowest BCUT2D eigenvalue weighted by Gasteiger charge is -2.12. The van der Waals surface area contributed by atoms with Crippen molar-refractivity contribution < 1.29 is 5.11 Å². The highest BCUT2D eigenvalue weighted by molar-refractivity contribution is 5.33. The third-order valence-corrected chi connectivity index (χ3v) is 3.16. The number of aliphatic hydroxyl groups excluding tert-OH is 1. The van der Waals surface area contributed by atoms with Crippen molar-refractivity contribution in [2.45, 2.75) is 24.7 Å². The van der Waals surface area contributed by atoms with Crippen LogP contribution in [-0.2, 0) is 11.8 Å². The molecule has 0 aliphatic heterocycles. The van der Waals surface area contributed by atoms with Crippen molar-refractivity contribution in [1.82, 2.24) is 0 Å². The summed E-state index contributed by atoms with van der Waals surface area (Å²) in [6, 6.07) is 8.51. The molecule has 1 aliphatic carbocycles. The number of hydrogen-bond acceptors (Lipinski definition) is 2. The summed E-state index contributed by atoms with van der Waals surface area (Å²) >= 11 is 0. The number of nitrogens with two attached hydrogens (primary N) is 1. The van der Waals surface area contributed by atoms with Crippen molar-refractivity contribution in [1.29, 1.82) is 0 Å². The Labute approximate surface area is 84.7 Å². The summed E-state index contributed by atoms with van der Waals surface area (Å²) in [5.74, 6) is 0.